The minimum Gasteiger partial charge on any atom is -0.370 e. The molecule has 0 aromatic carbocycles. The van der Waals surface area contributed by atoms with Gasteiger partial charge in [-0.2, -0.15) is 0 Å². The molecule has 2 N–H and O–H groups in total. The van der Waals surface area contributed by atoms with Crippen molar-refractivity contribution in [1.82, 2.24) is 19.8 Å². The molecule has 4 rings (SSSR count). The van der Waals surface area contributed by atoms with Crippen molar-refractivity contribution < 1.29 is 0 Å². The molecule has 3 aliphatic rings. The second kappa shape index (κ2) is 9.07. The van der Waals surface area contributed by atoms with Gasteiger partial charge in [0.2, 0.25) is 5.95 Å². The van der Waals surface area contributed by atoms with Gasteiger partial charge in [0.05, 0.1) is 6.54 Å². The van der Waals surface area contributed by atoms with Crippen LogP contribution in [0, 0.1) is 5.41 Å². The van der Waals surface area contributed by atoms with Crippen molar-refractivity contribution in [2.24, 2.45) is 16.1 Å². The van der Waals surface area contributed by atoms with E-state index in [-0.39, 0.29) is 0 Å². The molecule has 2 aliphatic heterocycles. The number of nitrogens with zero attached hydrogens (tertiary/aromatic N) is 6. The Labute approximate surface area is 169 Å². The molecule has 1 aromatic heterocycles. The Kier molecular flexibility index (Phi) is 6.29. The second-order valence-corrected chi connectivity index (χ2v) is 8.67. The summed E-state index contributed by atoms with van der Waals surface area (Å²) in [5, 5.41) is 0. The summed E-state index contributed by atoms with van der Waals surface area (Å²) >= 11 is 0. The molecule has 0 unspecified atom stereocenters. The molecular weight excluding hydrogens is 350 g/mol. The standard InChI is InChI=1S/C21H35N7/c22-19(27-15-17-28(18-16-27)20-24-9-4-10-25-20)23-11-14-26-12-7-21(8-13-26)5-2-1-3-6-21/h4,9-10H,1-3,5-8,11-18H2,(H2,22,23). The number of rotatable bonds is 4. The van der Waals surface area contributed by atoms with E-state index in [1.165, 1.54) is 58.0 Å². The molecule has 1 spiro atoms. The normalized spacial score (nSPS) is 23.9. The van der Waals surface area contributed by atoms with E-state index in [0.29, 0.717) is 11.4 Å². The van der Waals surface area contributed by atoms with Crippen LogP contribution in [-0.4, -0.2) is 78.1 Å². The highest BCUT2D eigenvalue weighted by molar-refractivity contribution is 5.78. The van der Waals surface area contributed by atoms with E-state index in [2.05, 4.69) is 29.7 Å². The van der Waals surface area contributed by atoms with Gasteiger partial charge in [0.15, 0.2) is 5.96 Å². The molecule has 0 radical (unpaired) electrons. The Morgan fingerprint density at radius 1 is 0.929 bits per heavy atom. The molecule has 154 valence electrons. The van der Waals surface area contributed by atoms with Crippen molar-refractivity contribution in [2.45, 2.75) is 44.9 Å². The van der Waals surface area contributed by atoms with E-state index < -0.39 is 0 Å². The Bertz CT molecular complexity index is 623. The summed E-state index contributed by atoms with van der Waals surface area (Å²) in [6.45, 7) is 7.84. The third-order valence-electron chi connectivity index (χ3n) is 6.96. The average molecular weight is 386 g/mol. The maximum absolute atomic E-state index is 6.27. The molecule has 28 heavy (non-hydrogen) atoms. The summed E-state index contributed by atoms with van der Waals surface area (Å²) in [5.74, 6) is 1.49. The van der Waals surface area contributed by atoms with Crippen LogP contribution in [0.15, 0.2) is 23.5 Å². The lowest BCUT2D eigenvalue weighted by molar-refractivity contribution is 0.0695. The summed E-state index contributed by atoms with van der Waals surface area (Å²) in [5.41, 5.74) is 6.95. The van der Waals surface area contributed by atoms with Gasteiger partial charge >= 0.3 is 0 Å². The van der Waals surface area contributed by atoms with E-state index in [0.717, 1.165) is 45.2 Å². The number of nitrogens with two attached hydrogens (primary N) is 1. The van der Waals surface area contributed by atoms with Crippen LogP contribution in [0.4, 0.5) is 5.95 Å². The second-order valence-electron chi connectivity index (χ2n) is 8.67. The third kappa shape index (κ3) is 4.74. The monoisotopic (exact) mass is 385 g/mol. The molecular formula is C21H35N7. The van der Waals surface area contributed by atoms with Gasteiger partial charge in [0, 0.05) is 45.1 Å². The largest absolute Gasteiger partial charge is 0.370 e. The van der Waals surface area contributed by atoms with Gasteiger partial charge in [-0.15, -0.1) is 0 Å². The Balaban J connectivity index is 1.17. The molecule has 1 aromatic rings. The van der Waals surface area contributed by atoms with Crippen molar-refractivity contribution in [3.8, 4) is 0 Å². The minimum absolute atomic E-state index is 0.680. The topological polar surface area (TPSA) is 73.9 Å². The Morgan fingerprint density at radius 2 is 1.61 bits per heavy atom. The predicted octanol–water partition coefficient (Wildman–Crippen LogP) is 1.96. The van der Waals surface area contributed by atoms with E-state index in [4.69, 9.17) is 5.73 Å². The van der Waals surface area contributed by atoms with Crippen molar-refractivity contribution in [3.05, 3.63) is 18.5 Å². The highest BCUT2D eigenvalue weighted by Gasteiger charge is 2.35. The van der Waals surface area contributed by atoms with Gasteiger partial charge in [0.1, 0.15) is 0 Å². The molecule has 3 fully saturated rings. The number of guanidine groups is 1. The number of piperidine rings is 1. The molecule has 7 nitrogen and oxygen atoms in total. The van der Waals surface area contributed by atoms with Gasteiger partial charge in [-0.05, 0) is 50.3 Å². The lowest BCUT2D eigenvalue weighted by Gasteiger charge is -2.44. The van der Waals surface area contributed by atoms with Crippen molar-refractivity contribution >= 4 is 11.9 Å². The highest BCUT2D eigenvalue weighted by Crippen LogP contribution is 2.44. The van der Waals surface area contributed by atoms with Gasteiger partial charge < -0.3 is 20.4 Å². The first-order chi connectivity index (χ1) is 13.7. The summed E-state index contributed by atoms with van der Waals surface area (Å²) in [6, 6.07) is 1.85. The molecule has 3 heterocycles. The first kappa shape index (κ1) is 19.4. The van der Waals surface area contributed by atoms with Crippen molar-refractivity contribution in [3.63, 3.8) is 0 Å². The first-order valence-electron chi connectivity index (χ1n) is 11.0. The molecule has 2 saturated heterocycles. The van der Waals surface area contributed by atoms with Crippen molar-refractivity contribution in [2.75, 3.05) is 57.3 Å². The zero-order valence-electron chi connectivity index (χ0n) is 17.1. The number of likely N-dealkylation sites (tertiary alicyclic amines) is 1. The van der Waals surface area contributed by atoms with E-state index in [1.807, 2.05) is 6.07 Å². The Morgan fingerprint density at radius 3 is 2.29 bits per heavy atom. The third-order valence-corrected chi connectivity index (χ3v) is 6.96. The fourth-order valence-corrected chi connectivity index (χ4v) is 5.05. The molecule has 7 heteroatoms. The lowest BCUT2D eigenvalue weighted by Crippen LogP contribution is -2.51. The lowest BCUT2D eigenvalue weighted by atomic mass is 9.68. The number of aliphatic imine (C=N–C) groups is 1. The maximum Gasteiger partial charge on any atom is 0.225 e. The minimum atomic E-state index is 0.680. The SMILES string of the molecule is NC(=NCCN1CCC2(CCCCC2)CC1)N1CCN(c2ncccn2)CC1. The van der Waals surface area contributed by atoms with Gasteiger partial charge in [-0.25, -0.2) is 9.97 Å². The summed E-state index contributed by atoms with van der Waals surface area (Å²) in [6.07, 6.45) is 13.6. The van der Waals surface area contributed by atoms with E-state index in [9.17, 15) is 0 Å². The number of hydrogen-bond donors (Lipinski definition) is 1. The quantitative estimate of drug-likeness (QED) is 0.631. The summed E-state index contributed by atoms with van der Waals surface area (Å²) in [4.78, 5) is 20.3. The van der Waals surface area contributed by atoms with Crippen LogP contribution in [0.25, 0.3) is 0 Å². The average Bonchev–Trinajstić information content (AvgIpc) is 2.76. The molecule has 1 aliphatic carbocycles. The van der Waals surface area contributed by atoms with Crippen LogP contribution in [-0.2, 0) is 0 Å². The van der Waals surface area contributed by atoms with Crippen LogP contribution < -0.4 is 10.6 Å². The highest BCUT2D eigenvalue weighted by atomic mass is 15.4. The number of hydrogen-bond acceptors (Lipinski definition) is 5. The molecule has 0 atom stereocenters. The van der Waals surface area contributed by atoms with Crippen molar-refractivity contribution in [1.29, 1.82) is 0 Å². The zero-order chi connectivity index (χ0) is 19.2. The first-order valence-corrected chi connectivity index (χ1v) is 11.0. The zero-order valence-corrected chi connectivity index (χ0v) is 17.1. The van der Waals surface area contributed by atoms with Crippen LogP contribution in [0.1, 0.15) is 44.9 Å². The smallest absolute Gasteiger partial charge is 0.225 e. The predicted molar refractivity (Wildman–Crippen MR) is 113 cm³/mol. The molecule has 0 amide bonds. The summed E-state index contributed by atoms with van der Waals surface area (Å²) < 4.78 is 0. The van der Waals surface area contributed by atoms with Gasteiger partial charge in [-0.1, -0.05) is 19.3 Å². The summed E-state index contributed by atoms with van der Waals surface area (Å²) in [7, 11) is 0. The van der Waals surface area contributed by atoms with Crippen LogP contribution in [0.2, 0.25) is 0 Å². The fourth-order valence-electron chi connectivity index (χ4n) is 5.05. The van der Waals surface area contributed by atoms with Gasteiger partial charge in [0.25, 0.3) is 0 Å². The number of aromatic nitrogens is 2. The van der Waals surface area contributed by atoms with Crippen LogP contribution in [0.3, 0.4) is 0 Å². The molecule has 0 bridgehead atoms. The van der Waals surface area contributed by atoms with E-state index >= 15 is 0 Å². The Hall–Kier alpha value is -1.89. The van der Waals surface area contributed by atoms with Crippen LogP contribution >= 0.6 is 0 Å². The van der Waals surface area contributed by atoms with Gasteiger partial charge in [-0.3, -0.25) is 4.99 Å². The van der Waals surface area contributed by atoms with Crippen LogP contribution in [0.5, 0.6) is 0 Å². The number of piperazine rings is 1. The fraction of sp³-hybridized carbons (Fsp3) is 0.762. The maximum atomic E-state index is 6.27. The molecule has 1 saturated carbocycles. The number of anilines is 1. The van der Waals surface area contributed by atoms with E-state index in [1.54, 1.807) is 12.4 Å².